The third kappa shape index (κ3) is 5.14. The molecule has 1 N–H and O–H groups in total. The molecule has 4 nitrogen and oxygen atoms in total. The number of halogens is 1. The molecule has 0 bridgehead atoms. The van der Waals surface area contributed by atoms with Crippen LogP contribution in [0.1, 0.15) is 30.0 Å². The van der Waals surface area contributed by atoms with Crippen molar-refractivity contribution in [3.05, 3.63) is 65.0 Å². The molecule has 25 heavy (non-hydrogen) atoms. The minimum Gasteiger partial charge on any atom is -0.352 e. The van der Waals surface area contributed by atoms with Gasteiger partial charge in [0.25, 0.3) is 0 Å². The first-order valence-electron chi connectivity index (χ1n) is 8.24. The topological polar surface area (TPSA) is 49.4 Å². The zero-order chi connectivity index (χ0) is 18.4. The van der Waals surface area contributed by atoms with Crippen LogP contribution in [-0.2, 0) is 16.1 Å². The van der Waals surface area contributed by atoms with Crippen LogP contribution >= 0.6 is 0 Å². The van der Waals surface area contributed by atoms with Crippen molar-refractivity contribution in [2.45, 2.75) is 33.7 Å². The molecule has 0 saturated carbocycles. The van der Waals surface area contributed by atoms with Gasteiger partial charge in [-0.15, -0.1) is 0 Å². The summed E-state index contributed by atoms with van der Waals surface area (Å²) in [5, 5.41) is 2.69. The van der Waals surface area contributed by atoms with Crippen LogP contribution in [0.2, 0.25) is 0 Å². The Balaban J connectivity index is 1.97. The summed E-state index contributed by atoms with van der Waals surface area (Å²) in [5.74, 6) is -0.682. The lowest BCUT2D eigenvalue weighted by molar-refractivity contribution is -0.121. The van der Waals surface area contributed by atoms with Gasteiger partial charge in [-0.05, 0) is 37.1 Å². The summed E-state index contributed by atoms with van der Waals surface area (Å²) in [4.78, 5) is 25.7. The Labute approximate surface area is 147 Å². The summed E-state index contributed by atoms with van der Waals surface area (Å²) in [6.45, 7) is 5.79. The largest absolute Gasteiger partial charge is 0.352 e. The van der Waals surface area contributed by atoms with E-state index in [1.165, 1.54) is 13.0 Å². The van der Waals surface area contributed by atoms with Crippen molar-refractivity contribution in [2.75, 3.05) is 11.4 Å². The normalized spacial score (nSPS) is 10.4. The predicted octanol–water partition coefficient (Wildman–Crippen LogP) is 3.50. The average molecular weight is 342 g/mol. The van der Waals surface area contributed by atoms with Crippen LogP contribution in [0.15, 0.2) is 42.5 Å². The third-order valence-electron chi connectivity index (χ3n) is 4.03. The summed E-state index contributed by atoms with van der Waals surface area (Å²) < 4.78 is 13.6. The van der Waals surface area contributed by atoms with Crippen molar-refractivity contribution in [3.8, 4) is 0 Å². The van der Waals surface area contributed by atoms with Gasteiger partial charge in [-0.2, -0.15) is 0 Å². The molecule has 0 saturated heterocycles. The van der Waals surface area contributed by atoms with Gasteiger partial charge in [0, 0.05) is 37.7 Å². The van der Waals surface area contributed by atoms with E-state index in [0.717, 1.165) is 16.8 Å². The van der Waals surface area contributed by atoms with Gasteiger partial charge in [0.1, 0.15) is 5.82 Å². The van der Waals surface area contributed by atoms with Crippen molar-refractivity contribution in [1.29, 1.82) is 0 Å². The van der Waals surface area contributed by atoms with Crippen LogP contribution in [0.25, 0.3) is 0 Å². The van der Waals surface area contributed by atoms with E-state index in [-0.39, 0.29) is 37.1 Å². The molecule has 2 aromatic rings. The van der Waals surface area contributed by atoms with Crippen molar-refractivity contribution >= 4 is 17.5 Å². The Hall–Kier alpha value is -2.69. The first-order valence-corrected chi connectivity index (χ1v) is 8.24. The SMILES string of the molecule is CC(=O)N(CCC(=O)NCc1ccccc1F)c1cc(C)ccc1C. The molecular formula is C20H23FN2O2. The molecule has 2 amide bonds. The standard InChI is InChI=1S/C20H23FN2O2/c1-14-8-9-15(2)19(12-14)23(16(3)24)11-10-20(25)22-13-17-6-4-5-7-18(17)21/h4-9,12H,10-11,13H2,1-3H3,(H,22,25). The number of rotatable bonds is 6. The maximum Gasteiger partial charge on any atom is 0.223 e. The quantitative estimate of drug-likeness (QED) is 0.873. The molecule has 2 aromatic carbocycles. The number of hydrogen-bond acceptors (Lipinski definition) is 2. The zero-order valence-electron chi connectivity index (χ0n) is 14.8. The Morgan fingerprint density at radius 2 is 1.84 bits per heavy atom. The van der Waals surface area contributed by atoms with E-state index in [4.69, 9.17) is 0 Å². The van der Waals surface area contributed by atoms with E-state index < -0.39 is 0 Å². The second kappa shape index (κ2) is 8.42. The highest BCUT2D eigenvalue weighted by Gasteiger charge is 2.15. The first kappa shape index (κ1) is 18.6. The molecule has 0 heterocycles. The molecule has 0 aliphatic carbocycles. The van der Waals surface area contributed by atoms with Gasteiger partial charge in [-0.25, -0.2) is 4.39 Å². The molecule has 0 unspecified atom stereocenters. The lowest BCUT2D eigenvalue weighted by Crippen LogP contribution is -2.34. The molecule has 132 valence electrons. The zero-order valence-corrected chi connectivity index (χ0v) is 14.8. The number of nitrogens with one attached hydrogen (secondary N) is 1. The highest BCUT2D eigenvalue weighted by atomic mass is 19.1. The van der Waals surface area contributed by atoms with Crippen LogP contribution in [-0.4, -0.2) is 18.4 Å². The van der Waals surface area contributed by atoms with Crippen LogP contribution in [0, 0.1) is 19.7 Å². The van der Waals surface area contributed by atoms with Crippen LogP contribution < -0.4 is 10.2 Å². The maximum absolute atomic E-state index is 13.6. The van der Waals surface area contributed by atoms with E-state index in [1.807, 2.05) is 32.0 Å². The minimum absolute atomic E-state index is 0.115. The smallest absolute Gasteiger partial charge is 0.223 e. The minimum atomic E-state index is -0.344. The van der Waals surface area contributed by atoms with Gasteiger partial charge in [0.15, 0.2) is 0 Å². The molecule has 0 aromatic heterocycles. The highest BCUT2D eigenvalue weighted by Crippen LogP contribution is 2.22. The molecular weight excluding hydrogens is 319 g/mol. The van der Waals surface area contributed by atoms with Gasteiger partial charge in [-0.3, -0.25) is 9.59 Å². The van der Waals surface area contributed by atoms with Gasteiger partial charge in [-0.1, -0.05) is 30.3 Å². The Morgan fingerprint density at radius 1 is 1.12 bits per heavy atom. The van der Waals surface area contributed by atoms with Crippen molar-refractivity contribution in [2.24, 2.45) is 0 Å². The maximum atomic E-state index is 13.6. The molecule has 0 spiro atoms. The Kier molecular flexibility index (Phi) is 6.28. The highest BCUT2D eigenvalue weighted by molar-refractivity contribution is 5.93. The third-order valence-corrected chi connectivity index (χ3v) is 4.03. The van der Waals surface area contributed by atoms with Gasteiger partial charge in [0.2, 0.25) is 11.8 Å². The van der Waals surface area contributed by atoms with Crippen LogP contribution in [0.3, 0.4) is 0 Å². The summed E-state index contributed by atoms with van der Waals surface area (Å²) in [6.07, 6.45) is 0.154. The summed E-state index contributed by atoms with van der Waals surface area (Å²) in [5.41, 5.74) is 3.28. The number of carbonyl (C=O) groups excluding carboxylic acids is 2. The van der Waals surface area contributed by atoms with Crippen LogP contribution in [0.5, 0.6) is 0 Å². The number of anilines is 1. The monoisotopic (exact) mass is 342 g/mol. The van der Waals surface area contributed by atoms with Crippen molar-refractivity contribution in [1.82, 2.24) is 5.32 Å². The number of amides is 2. The predicted molar refractivity (Wildman–Crippen MR) is 96.8 cm³/mol. The number of carbonyl (C=O) groups is 2. The lowest BCUT2D eigenvalue weighted by Gasteiger charge is -2.23. The first-order chi connectivity index (χ1) is 11.9. The van der Waals surface area contributed by atoms with E-state index in [1.54, 1.807) is 23.1 Å². The lowest BCUT2D eigenvalue weighted by atomic mass is 10.1. The second-order valence-corrected chi connectivity index (χ2v) is 6.08. The molecule has 0 radical (unpaired) electrons. The van der Waals surface area contributed by atoms with E-state index in [2.05, 4.69) is 5.32 Å². The van der Waals surface area contributed by atoms with Crippen molar-refractivity contribution in [3.63, 3.8) is 0 Å². The van der Waals surface area contributed by atoms with E-state index in [0.29, 0.717) is 5.56 Å². The molecule has 0 fully saturated rings. The Morgan fingerprint density at radius 3 is 2.52 bits per heavy atom. The summed E-state index contributed by atoms with van der Waals surface area (Å²) >= 11 is 0. The number of hydrogen-bond donors (Lipinski definition) is 1. The second-order valence-electron chi connectivity index (χ2n) is 6.08. The molecule has 0 aliphatic heterocycles. The van der Waals surface area contributed by atoms with Crippen LogP contribution in [0.4, 0.5) is 10.1 Å². The molecule has 0 aliphatic rings. The van der Waals surface area contributed by atoms with Gasteiger partial charge >= 0.3 is 0 Å². The molecule has 5 heteroatoms. The Bertz CT molecular complexity index is 774. The average Bonchev–Trinajstić information content (AvgIpc) is 2.57. The number of benzene rings is 2. The van der Waals surface area contributed by atoms with Crippen molar-refractivity contribution < 1.29 is 14.0 Å². The summed E-state index contributed by atoms with van der Waals surface area (Å²) in [6, 6.07) is 12.2. The van der Waals surface area contributed by atoms with Gasteiger partial charge in [0.05, 0.1) is 0 Å². The number of nitrogens with zero attached hydrogens (tertiary/aromatic N) is 1. The van der Waals surface area contributed by atoms with E-state index >= 15 is 0 Å². The van der Waals surface area contributed by atoms with Gasteiger partial charge < -0.3 is 10.2 Å². The fraction of sp³-hybridized carbons (Fsp3) is 0.300. The summed E-state index contributed by atoms with van der Waals surface area (Å²) in [7, 11) is 0. The molecule has 0 atom stereocenters. The van der Waals surface area contributed by atoms with E-state index in [9.17, 15) is 14.0 Å². The fourth-order valence-electron chi connectivity index (χ4n) is 2.60. The number of aryl methyl sites for hydroxylation is 2. The molecule has 2 rings (SSSR count). The fourth-order valence-corrected chi connectivity index (χ4v) is 2.60.